The molecule has 2 atom stereocenters. The van der Waals surface area contributed by atoms with E-state index in [0.29, 0.717) is 30.8 Å². The average Bonchev–Trinajstić information content (AvgIpc) is 2.49. The highest BCUT2D eigenvalue weighted by Crippen LogP contribution is 2.29. The Morgan fingerprint density at radius 2 is 1.76 bits per heavy atom. The Labute approximate surface area is 129 Å². The number of aliphatic carboxylic acids is 1. The van der Waals surface area contributed by atoms with Gasteiger partial charge in [0.05, 0.1) is 0 Å². The molecule has 0 saturated heterocycles. The van der Waals surface area contributed by atoms with Crippen molar-refractivity contribution in [1.29, 1.82) is 0 Å². The molecule has 0 unspecified atom stereocenters. The number of benzene rings is 1. The van der Waals surface area contributed by atoms with Gasteiger partial charge in [-0.15, -0.1) is 0 Å². The van der Waals surface area contributed by atoms with Crippen molar-refractivity contribution < 1.29 is 14.7 Å². The molecule has 0 bridgehead atoms. The molecule has 0 spiro atoms. The molecule has 4 nitrogen and oxygen atoms in total. The number of rotatable bonds is 5. The van der Waals surface area contributed by atoms with E-state index in [0.717, 1.165) is 18.4 Å². The van der Waals surface area contributed by atoms with Crippen molar-refractivity contribution in [2.24, 2.45) is 11.8 Å². The van der Waals surface area contributed by atoms with Crippen LogP contribution in [0.4, 0.5) is 0 Å². The number of halogens is 1. The summed E-state index contributed by atoms with van der Waals surface area (Å²) in [5, 5.41) is 14.6. The van der Waals surface area contributed by atoms with Crippen LogP contribution in [-0.2, 0) is 16.0 Å². The van der Waals surface area contributed by atoms with Crippen LogP contribution in [0.5, 0.6) is 0 Å². The molecule has 0 radical (unpaired) electrons. The van der Waals surface area contributed by atoms with Crippen molar-refractivity contribution in [3.63, 3.8) is 0 Å². The number of carbonyl (C=O) groups is 2. The Bertz CT molecular complexity index is 501. The number of carboxylic acids is 1. The van der Waals surface area contributed by atoms with Gasteiger partial charge in [0.25, 0.3) is 0 Å². The summed E-state index contributed by atoms with van der Waals surface area (Å²) in [5.41, 5.74) is 1.08. The number of carbonyl (C=O) groups excluding carboxylic acids is 2. The van der Waals surface area contributed by atoms with Gasteiger partial charge in [-0.05, 0) is 37.0 Å². The van der Waals surface area contributed by atoms with Gasteiger partial charge in [0.2, 0.25) is 5.91 Å². The van der Waals surface area contributed by atoms with Gasteiger partial charge in [0.1, 0.15) is 0 Å². The maximum atomic E-state index is 12.1. The maximum absolute atomic E-state index is 12.1. The fourth-order valence-corrected chi connectivity index (χ4v) is 2.97. The first-order valence-corrected chi connectivity index (χ1v) is 7.68. The van der Waals surface area contributed by atoms with Crippen molar-refractivity contribution in [3.8, 4) is 0 Å². The third-order valence-corrected chi connectivity index (χ3v) is 4.28. The maximum Gasteiger partial charge on any atom is 0.223 e. The summed E-state index contributed by atoms with van der Waals surface area (Å²) >= 11 is 5.81. The first-order chi connectivity index (χ1) is 10.1. The van der Waals surface area contributed by atoms with E-state index in [-0.39, 0.29) is 5.91 Å². The van der Waals surface area contributed by atoms with Crippen LogP contribution in [0.1, 0.15) is 31.2 Å². The Hall–Kier alpha value is -1.55. The fraction of sp³-hybridized carbons (Fsp3) is 0.500. The van der Waals surface area contributed by atoms with Crippen LogP contribution >= 0.6 is 11.6 Å². The Morgan fingerprint density at radius 3 is 2.38 bits per heavy atom. The van der Waals surface area contributed by atoms with Crippen LogP contribution in [0.15, 0.2) is 24.3 Å². The predicted molar refractivity (Wildman–Crippen MR) is 78.6 cm³/mol. The summed E-state index contributed by atoms with van der Waals surface area (Å²) < 4.78 is 0. The first-order valence-electron chi connectivity index (χ1n) is 7.31. The number of hydrogen-bond acceptors (Lipinski definition) is 3. The molecule has 21 heavy (non-hydrogen) atoms. The van der Waals surface area contributed by atoms with E-state index < -0.39 is 17.8 Å². The molecule has 1 aliphatic carbocycles. The van der Waals surface area contributed by atoms with Gasteiger partial charge in [-0.3, -0.25) is 4.79 Å². The molecule has 2 rings (SSSR count). The zero-order valence-corrected chi connectivity index (χ0v) is 12.6. The largest absolute Gasteiger partial charge is 0.550 e. The topological polar surface area (TPSA) is 69.2 Å². The molecular weight excluding hydrogens is 290 g/mol. The zero-order chi connectivity index (χ0) is 15.2. The van der Waals surface area contributed by atoms with E-state index in [1.54, 1.807) is 0 Å². The number of hydrogen-bond donors (Lipinski definition) is 1. The fourth-order valence-electron chi connectivity index (χ4n) is 2.84. The van der Waals surface area contributed by atoms with Crippen LogP contribution in [0.25, 0.3) is 0 Å². The van der Waals surface area contributed by atoms with Gasteiger partial charge >= 0.3 is 0 Å². The Morgan fingerprint density at radius 1 is 1.14 bits per heavy atom. The summed E-state index contributed by atoms with van der Waals surface area (Å²) in [4.78, 5) is 23.2. The lowest BCUT2D eigenvalue weighted by molar-refractivity contribution is -0.314. The second kappa shape index (κ2) is 7.46. The third-order valence-electron chi connectivity index (χ3n) is 4.03. The summed E-state index contributed by atoms with van der Waals surface area (Å²) in [5.74, 6) is -2.37. The predicted octanol–water partition coefficient (Wildman–Crippen LogP) is 1.55. The van der Waals surface area contributed by atoms with Gasteiger partial charge in [-0.1, -0.05) is 36.6 Å². The van der Waals surface area contributed by atoms with Gasteiger partial charge in [0, 0.05) is 29.4 Å². The highest BCUT2D eigenvalue weighted by Gasteiger charge is 2.31. The molecule has 1 saturated carbocycles. The highest BCUT2D eigenvalue weighted by atomic mass is 35.5. The van der Waals surface area contributed by atoms with E-state index in [9.17, 15) is 14.7 Å². The number of carboxylic acid groups (broad SMARTS) is 1. The Balaban J connectivity index is 1.83. The van der Waals surface area contributed by atoms with E-state index in [2.05, 4.69) is 5.32 Å². The van der Waals surface area contributed by atoms with Gasteiger partial charge in [0.15, 0.2) is 0 Å². The molecule has 0 aromatic heterocycles. The molecule has 1 amide bonds. The third kappa shape index (κ3) is 4.46. The lowest BCUT2D eigenvalue weighted by Gasteiger charge is -2.31. The zero-order valence-electron chi connectivity index (χ0n) is 11.8. The molecule has 1 fully saturated rings. The highest BCUT2D eigenvalue weighted by molar-refractivity contribution is 6.30. The first kappa shape index (κ1) is 15.8. The molecule has 1 aliphatic rings. The summed E-state index contributed by atoms with van der Waals surface area (Å²) in [6, 6.07) is 7.45. The number of amides is 1. The van der Waals surface area contributed by atoms with Crippen LogP contribution in [-0.4, -0.2) is 18.4 Å². The van der Waals surface area contributed by atoms with Gasteiger partial charge < -0.3 is 15.2 Å². The minimum absolute atomic E-state index is 0.169. The molecule has 1 aromatic rings. The van der Waals surface area contributed by atoms with Gasteiger partial charge in [-0.25, -0.2) is 0 Å². The van der Waals surface area contributed by atoms with Crippen molar-refractivity contribution in [2.45, 2.75) is 32.1 Å². The normalized spacial score (nSPS) is 21.8. The second-order valence-electron chi connectivity index (χ2n) is 5.48. The van der Waals surface area contributed by atoms with E-state index in [1.165, 1.54) is 0 Å². The van der Waals surface area contributed by atoms with Crippen molar-refractivity contribution in [2.75, 3.05) is 6.54 Å². The molecule has 114 valence electrons. The quantitative estimate of drug-likeness (QED) is 0.897. The molecule has 1 N–H and O–H groups in total. The molecule has 0 heterocycles. The summed E-state index contributed by atoms with van der Waals surface area (Å²) in [6.07, 6.45) is 3.63. The number of nitrogens with one attached hydrogen (secondary N) is 1. The van der Waals surface area contributed by atoms with E-state index >= 15 is 0 Å². The smallest absolute Gasteiger partial charge is 0.223 e. The monoisotopic (exact) mass is 308 g/mol. The van der Waals surface area contributed by atoms with Crippen molar-refractivity contribution in [1.82, 2.24) is 5.32 Å². The standard InChI is InChI=1S/C16H20ClNO3/c17-12-7-5-11(6-8-12)9-10-18-15(19)13-3-1-2-4-14(13)16(20)21/h5-8,13-14H,1-4,9-10H2,(H,18,19)(H,20,21)/p-1/t13-,14-/m1/s1. The SMILES string of the molecule is O=C([O-])[C@@H]1CCCC[C@H]1C(=O)NCCc1ccc(Cl)cc1. The van der Waals surface area contributed by atoms with Crippen LogP contribution in [0, 0.1) is 11.8 Å². The van der Waals surface area contributed by atoms with Crippen molar-refractivity contribution in [3.05, 3.63) is 34.9 Å². The van der Waals surface area contributed by atoms with Crippen LogP contribution < -0.4 is 10.4 Å². The lowest BCUT2D eigenvalue weighted by Crippen LogP contribution is -2.44. The van der Waals surface area contributed by atoms with Gasteiger partial charge in [-0.2, -0.15) is 0 Å². The van der Waals surface area contributed by atoms with Crippen LogP contribution in [0.3, 0.4) is 0 Å². The van der Waals surface area contributed by atoms with E-state index in [1.807, 2.05) is 24.3 Å². The molecular formula is C16H19ClNO3-. The lowest BCUT2D eigenvalue weighted by atomic mass is 9.78. The average molecular weight is 309 g/mol. The minimum atomic E-state index is -1.10. The minimum Gasteiger partial charge on any atom is -0.550 e. The Kier molecular flexibility index (Phi) is 5.62. The molecule has 0 aliphatic heterocycles. The van der Waals surface area contributed by atoms with E-state index in [4.69, 9.17) is 11.6 Å². The summed E-state index contributed by atoms with van der Waals surface area (Å²) in [7, 11) is 0. The van der Waals surface area contributed by atoms with Crippen molar-refractivity contribution >= 4 is 23.5 Å². The molecule has 5 heteroatoms. The molecule has 1 aromatic carbocycles. The summed E-state index contributed by atoms with van der Waals surface area (Å²) in [6.45, 7) is 0.497. The van der Waals surface area contributed by atoms with Crippen LogP contribution in [0.2, 0.25) is 5.02 Å². The second-order valence-corrected chi connectivity index (χ2v) is 5.92.